The molecule has 0 saturated carbocycles. The molecule has 152 valence electrons. The van der Waals surface area contributed by atoms with Crippen molar-refractivity contribution >= 4 is 28.5 Å². The first-order valence-electron chi connectivity index (χ1n) is 9.69. The molecule has 1 aliphatic heterocycles. The van der Waals surface area contributed by atoms with Gasteiger partial charge >= 0.3 is 0 Å². The zero-order chi connectivity index (χ0) is 20.5. The molecule has 1 saturated heterocycles. The number of aromatic nitrogens is 2. The number of carbonyl (C=O) groups is 2. The Morgan fingerprint density at radius 2 is 2.03 bits per heavy atom. The van der Waals surface area contributed by atoms with Gasteiger partial charge in [0.25, 0.3) is 0 Å². The van der Waals surface area contributed by atoms with E-state index in [4.69, 9.17) is 4.52 Å². The summed E-state index contributed by atoms with van der Waals surface area (Å²) in [6, 6.07) is 6.22. The first kappa shape index (κ1) is 19.2. The summed E-state index contributed by atoms with van der Waals surface area (Å²) in [6.45, 7) is 4.69. The van der Waals surface area contributed by atoms with E-state index in [1.165, 1.54) is 12.1 Å². The normalized spacial score (nSPS) is 15.1. The molecule has 1 aromatic carbocycles. The Morgan fingerprint density at radius 1 is 1.28 bits per heavy atom. The van der Waals surface area contributed by atoms with Crippen LogP contribution in [-0.4, -0.2) is 39.9 Å². The quantitative estimate of drug-likeness (QED) is 0.705. The maximum atomic E-state index is 13.6. The number of halogens is 1. The minimum absolute atomic E-state index is 0.00996. The maximum absolute atomic E-state index is 13.6. The molecule has 7 nitrogen and oxygen atoms in total. The molecule has 0 atom stereocenters. The van der Waals surface area contributed by atoms with E-state index in [9.17, 15) is 14.0 Å². The number of aryl methyl sites for hydroxylation is 2. The lowest BCUT2D eigenvalue weighted by molar-refractivity contribution is -0.133. The SMILES string of the molecule is Cc1cc(NC(=O)C2CCN(C(=O)Cc3c(C)[nH]c4ccc(F)cc34)CC2)no1. The summed E-state index contributed by atoms with van der Waals surface area (Å²) in [7, 11) is 0. The van der Waals surface area contributed by atoms with Crippen LogP contribution in [0.4, 0.5) is 10.2 Å². The molecule has 3 aromatic rings. The number of nitrogens with one attached hydrogen (secondary N) is 2. The Labute approximate surface area is 167 Å². The van der Waals surface area contributed by atoms with E-state index in [0.29, 0.717) is 37.5 Å². The second-order valence-corrected chi connectivity index (χ2v) is 7.56. The van der Waals surface area contributed by atoms with Crippen molar-refractivity contribution in [1.29, 1.82) is 0 Å². The molecular weight excluding hydrogens is 375 g/mol. The maximum Gasteiger partial charge on any atom is 0.228 e. The third kappa shape index (κ3) is 4.01. The molecular formula is C21H23FN4O3. The predicted octanol–water partition coefficient (Wildman–Crippen LogP) is 3.33. The van der Waals surface area contributed by atoms with E-state index in [-0.39, 0.29) is 30.0 Å². The lowest BCUT2D eigenvalue weighted by Gasteiger charge is -2.31. The van der Waals surface area contributed by atoms with Crippen molar-refractivity contribution in [2.24, 2.45) is 5.92 Å². The molecule has 0 unspecified atom stereocenters. The molecule has 3 heterocycles. The fourth-order valence-electron chi connectivity index (χ4n) is 3.89. The monoisotopic (exact) mass is 398 g/mol. The number of hydrogen-bond donors (Lipinski definition) is 2. The van der Waals surface area contributed by atoms with E-state index >= 15 is 0 Å². The second kappa shape index (κ2) is 7.69. The fraction of sp³-hybridized carbons (Fsp3) is 0.381. The Kier molecular flexibility index (Phi) is 5.08. The average molecular weight is 398 g/mol. The number of H-pyrrole nitrogens is 1. The standard InChI is InChI=1S/C21H23FN4O3/c1-12-9-19(25-29-12)24-21(28)14-5-7-26(8-6-14)20(27)11-16-13(2)23-18-4-3-15(22)10-17(16)18/h3-4,9-10,14,23H,5-8,11H2,1-2H3,(H,24,25,28). The first-order chi connectivity index (χ1) is 13.9. The molecule has 0 radical (unpaired) electrons. The largest absolute Gasteiger partial charge is 0.360 e. The van der Waals surface area contributed by atoms with Gasteiger partial charge in [-0.1, -0.05) is 5.16 Å². The fourth-order valence-corrected chi connectivity index (χ4v) is 3.89. The summed E-state index contributed by atoms with van der Waals surface area (Å²) in [5.41, 5.74) is 2.52. The summed E-state index contributed by atoms with van der Waals surface area (Å²) in [5, 5.41) is 7.28. The number of likely N-dealkylation sites (tertiary alicyclic amines) is 1. The Morgan fingerprint density at radius 3 is 2.72 bits per heavy atom. The number of hydrogen-bond acceptors (Lipinski definition) is 4. The minimum atomic E-state index is -0.320. The molecule has 1 aliphatic rings. The Balaban J connectivity index is 1.36. The van der Waals surface area contributed by atoms with E-state index in [0.717, 1.165) is 22.2 Å². The number of rotatable bonds is 4. The van der Waals surface area contributed by atoms with Crippen molar-refractivity contribution in [1.82, 2.24) is 15.0 Å². The van der Waals surface area contributed by atoms with Crippen molar-refractivity contribution in [3.05, 3.63) is 47.1 Å². The number of carbonyl (C=O) groups excluding carboxylic acids is 2. The summed E-state index contributed by atoms with van der Waals surface area (Å²) in [6.07, 6.45) is 1.40. The minimum Gasteiger partial charge on any atom is -0.360 e. The number of fused-ring (bicyclic) bond motifs is 1. The highest BCUT2D eigenvalue weighted by molar-refractivity contribution is 5.92. The van der Waals surface area contributed by atoms with Crippen LogP contribution in [0.5, 0.6) is 0 Å². The molecule has 2 aromatic heterocycles. The zero-order valence-electron chi connectivity index (χ0n) is 16.4. The van der Waals surface area contributed by atoms with Crippen LogP contribution in [0, 0.1) is 25.6 Å². The van der Waals surface area contributed by atoms with Gasteiger partial charge < -0.3 is 19.7 Å². The van der Waals surface area contributed by atoms with Crippen LogP contribution in [0.2, 0.25) is 0 Å². The molecule has 0 spiro atoms. The van der Waals surface area contributed by atoms with Gasteiger partial charge in [-0.15, -0.1) is 0 Å². The number of nitrogens with zero attached hydrogens (tertiary/aromatic N) is 2. The molecule has 0 bridgehead atoms. The van der Waals surface area contributed by atoms with Crippen molar-refractivity contribution in [2.75, 3.05) is 18.4 Å². The van der Waals surface area contributed by atoms with E-state index in [2.05, 4.69) is 15.5 Å². The van der Waals surface area contributed by atoms with Crippen LogP contribution in [0.15, 0.2) is 28.8 Å². The van der Waals surface area contributed by atoms with Gasteiger partial charge in [0.2, 0.25) is 11.8 Å². The summed E-state index contributed by atoms with van der Waals surface area (Å²) >= 11 is 0. The molecule has 2 N–H and O–H groups in total. The third-order valence-electron chi connectivity index (χ3n) is 5.51. The number of anilines is 1. The van der Waals surface area contributed by atoms with Crippen molar-refractivity contribution < 1.29 is 18.5 Å². The molecule has 29 heavy (non-hydrogen) atoms. The second-order valence-electron chi connectivity index (χ2n) is 7.56. The van der Waals surface area contributed by atoms with E-state index in [1.807, 2.05) is 6.92 Å². The number of benzene rings is 1. The van der Waals surface area contributed by atoms with Gasteiger partial charge in [0.1, 0.15) is 11.6 Å². The lowest BCUT2D eigenvalue weighted by Crippen LogP contribution is -2.42. The summed E-state index contributed by atoms with van der Waals surface area (Å²) in [4.78, 5) is 30.2. The van der Waals surface area contributed by atoms with Crippen LogP contribution in [-0.2, 0) is 16.0 Å². The van der Waals surface area contributed by atoms with Crippen LogP contribution in [0.25, 0.3) is 10.9 Å². The van der Waals surface area contributed by atoms with Crippen molar-refractivity contribution in [3.63, 3.8) is 0 Å². The topological polar surface area (TPSA) is 91.2 Å². The lowest BCUT2D eigenvalue weighted by atomic mass is 9.95. The van der Waals surface area contributed by atoms with Gasteiger partial charge in [-0.05, 0) is 50.5 Å². The van der Waals surface area contributed by atoms with Crippen LogP contribution in [0.3, 0.4) is 0 Å². The highest BCUT2D eigenvalue weighted by Gasteiger charge is 2.28. The molecule has 0 aliphatic carbocycles. The van der Waals surface area contributed by atoms with Gasteiger partial charge in [0, 0.05) is 41.7 Å². The van der Waals surface area contributed by atoms with Gasteiger partial charge in [0.05, 0.1) is 6.42 Å². The zero-order valence-corrected chi connectivity index (χ0v) is 16.4. The molecule has 8 heteroatoms. The van der Waals surface area contributed by atoms with Gasteiger partial charge in [-0.25, -0.2) is 4.39 Å². The highest BCUT2D eigenvalue weighted by Crippen LogP contribution is 2.25. The van der Waals surface area contributed by atoms with Gasteiger partial charge in [-0.3, -0.25) is 9.59 Å². The predicted molar refractivity (Wildman–Crippen MR) is 106 cm³/mol. The number of amides is 2. The van der Waals surface area contributed by atoms with E-state index < -0.39 is 0 Å². The average Bonchev–Trinajstić information content (AvgIpc) is 3.24. The molecule has 2 amide bonds. The number of aromatic amines is 1. The van der Waals surface area contributed by atoms with Gasteiger partial charge in [-0.2, -0.15) is 0 Å². The number of piperidine rings is 1. The first-order valence-corrected chi connectivity index (χ1v) is 9.69. The summed E-state index contributed by atoms with van der Waals surface area (Å²) < 4.78 is 18.6. The third-order valence-corrected chi connectivity index (χ3v) is 5.51. The summed E-state index contributed by atoms with van der Waals surface area (Å²) in [5.74, 6) is 0.443. The Bertz CT molecular complexity index is 1060. The Hall–Kier alpha value is -3.16. The highest BCUT2D eigenvalue weighted by atomic mass is 19.1. The molecule has 1 fully saturated rings. The van der Waals surface area contributed by atoms with Crippen molar-refractivity contribution in [3.8, 4) is 0 Å². The van der Waals surface area contributed by atoms with E-state index in [1.54, 1.807) is 24.0 Å². The smallest absolute Gasteiger partial charge is 0.228 e. The van der Waals surface area contributed by atoms with Crippen LogP contribution in [0.1, 0.15) is 29.9 Å². The molecule has 4 rings (SSSR count). The van der Waals surface area contributed by atoms with Crippen LogP contribution < -0.4 is 5.32 Å². The van der Waals surface area contributed by atoms with Crippen molar-refractivity contribution in [2.45, 2.75) is 33.1 Å². The van der Waals surface area contributed by atoms with Crippen LogP contribution >= 0.6 is 0 Å². The van der Waals surface area contributed by atoms with Gasteiger partial charge in [0.15, 0.2) is 5.82 Å².